The second-order valence-electron chi connectivity index (χ2n) is 5.44. The molecule has 0 radical (unpaired) electrons. The summed E-state index contributed by atoms with van der Waals surface area (Å²) >= 11 is 6.04. The van der Waals surface area contributed by atoms with E-state index in [1.165, 1.54) is 13.2 Å². The number of hydrogen-bond donors (Lipinski definition) is 2. The molecule has 1 heterocycles. The van der Waals surface area contributed by atoms with Gasteiger partial charge < -0.3 is 15.2 Å². The number of nitrogens with one attached hydrogen (secondary N) is 1. The summed E-state index contributed by atoms with van der Waals surface area (Å²) in [6, 6.07) is 4.41. The Morgan fingerprint density at radius 1 is 1.55 bits per heavy atom. The molecule has 122 valence electrons. The molecule has 2 N–H and O–H groups in total. The minimum atomic E-state index is -0.347. The van der Waals surface area contributed by atoms with E-state index in [0.717, 1.165) is 0 Å². The number of halogens is 2. The van der Waals surface area contributed by atoms with Crippen LogP contribution in [0.1, 0.15) is 5.56 Å². The smallest absolute Gasteiger partial charge is 0.246 e. The van der Waals surface area contributed by atoms with Gasteiger partial charge in [0.2, 0.25) is 5.91 Å². The number of hydrogen-bond acceptors (Lipinski definition) is 4. The van der Waals surface area contributed by atoms with Gasteiger partial charge in [-0.25, -0.2) is 4.39 Å². The highest BCUT2D eigenvalue weighted by molar-refractivity contribution is 6.31. The number of benzene rings is 1. The predicted molar refractivity (Wildman–Crippen MR) is 81.1 cm³/mol. The molecule has 0 aromatic heterocycles. The minimum Gasteiger partial charge on any atom is -0.396 e. The zero-order valence-corrected chi connectivity index (χ0v) is 13.1. The van der Waals surface area contributed by atoms with Crippen LogP contribution in [0.2, 0.25) is 5.02 Å². The van der Waals surface area contributed by atoms with Gasteiger partial charge in [-0.2, -0.15) is 0 Å². The van der Waals surface area contributed by atoms with Crippen molar-refractivity contribution in [3.8, 4) is 0 Å². The third kappa shape index (κ3) is 4.16. The van der Waals surface area contributed by atoms with Gasteiger partial charge in [0.15, 0.2) is 0 Å². The molecule has 1 aromatic carbocycles. The van der Waals surface area contributed by atoms with Gasteiger partial charge >= 0.3 is 0 Å². The van der Waals surface area contributed by atoms with E-state index >= 15 is 0 Å². The van der Waals surface area contributed by atoms with Gasteiger partial charge in [-0.1, -0.05) is 17.7 Å². The Labute approximate surface area is 134 Å². The van der Waals surface area contributed by atoms with Crippen molar-refractivity contribution in [3.63, 3.8) is 0 Å². The third-order valence-corrected chi connectivity index (χ3v) is 4.17. The van der Waals surface area contributed by atoms with E-state index in [-0.39, 0.29) is 36.9 Å². The highest BCUT2D eigenvalue weighted by atomic mass is 35.5. The number of aliphatic hydroxyl groups is 1. The van der Waals surface area contributed by atoms with Crippen molar-refractivity contribution >= 4 is 17.5 Å². The molecule has 1 aliphatic heterocycles. The van der Waals surface area contributed by atoms with Gasteiger partial charge in [-0.15, -0.1) is 0 Å². The van der Waals surface area contributed by atoms with Crippen molar-refractivity contribution in [2.75, 3.05) is 33.4 Å². The Morgan fingerprint density at radius 3 is 2.95 bits per heavy atom. The van der Waals surface area contributed by atoms with E-state index in [2.05, 4.69) is 5.32 Å². The Morgan fingerprint density at radius 2 is 2.32 bits per heavy atom. The number of aliphatic hydroxyl groups excluding tert-OH is 1. The Bertz CT molecular complexity index is 509. The lowest BCUT2D eigenvalue weighted by Crippen LogP contribution is -2.43. The maximum absolute atomic E-state index is 13.8. The first-order valence-corrected chi connectivity index (χ1v) is 7.47. The summed E-state index contributed by atoms with van der Waals surface area (Å²) in [7, 11) is 1.45. The summed E-state index contributed by atoms with van der Waals surface area (Å²) in [4.78, 5) is 13.6. The van der Waals surface area contributed by atoms with E-state index in [4.69, 9.17) is 16.3 Å². The van der Waals surface area contributed by atoms with Crippen LogP contribution in [0.4, 0.5) is 4.39 Å². The van der Waals surface area contributed by atoms with Crippen LogP contribution in [0.15, 0.2) is 18.2 Å². The summed E-state index contributed by atoms with van der Waals surface area (Å²) < 4.78 is 18.6. The molecule has 7 heteroatoms. The third-order valence-electron chi connectivity index (χ3n) is 3.82. The molecular weight excluding hydrogens is 311 g/mol. The zero-order chi connectivity index (χ0) is 16.1. The van der Waals surface area contributed by atoms with Gasteiger partial charge in [-0.05, 0) is 12.1 Å². The quantitative estimate of drug-likeness (QED) is 0.818. The van der Waals surface area contributed by atoms with E-state index in [1.54, 1.807) is 12.1 Å². The monoisotopic (exact) mass is 330 g/mol. The summed E-state index contributed by atoms with van der Waals surface area (Å²) in [5.74, 6) is -0.664. The Hall–Kier alpha value is -1.21. The lowest BCUT2D eigenvalue weighted by atomic mass is 10.1. The first kappa shape index (κ1) is 17.1. The normalized spacial score (nSPS) is 22.0. The van der Waals surface area contributed by atoms with Gasteiger partial charge in [0.25, 0.3) is 0 Å². The molecule has 0 aliphatic carbocycles. The van der Waals surface area contributed by atoms with Crippen LogP contribution in [0.5, 0.6) is 0 Å². The fourth-order valence-corrected chi connectivity index (χ4v) is 2.95. The minimum absolute atomic E-state index is 0.0200. The highest BCUT2D eigenvalue weighted by Crippen LogP contribution is 2.24. The highest BCUT2D eigenvalue weighted by Gasteiger charge is 2.33. The second-order valence-corrected chi connectivity index (χ2v) is 5.85. The SMILES string of the molecule is COCC(=O)N[C@@H]1CN(Cc2c(F)cccc2Cl)C[C@H]1CO. The second kappa shape index (κ2) is 7.87. The number of rotatable bonds is 6. The maximum Gasteiger partial charge on any atom is 0.246 e. The zero-order valence-electron chi connectivity index (χ0n) is 12.4. The predicted octanol–water partition coefficient (Wildman–Crippen LogP) is 1.03. The average Bonchev–Trinajstić information content (AvgIpc) is 2.85. The number of likely N-dealkylation sites (tertiary alicyclic amines) is 1. The molecule has 0 unspecified atom stereocenters. The van der Waals surface area contributed by atoms with Gasteiger partial charge in [0.1, 0.15) is 12.4 Å². The average molecular weight is 331 g/mol. The molecule has 1 saturated heterocycles. The largest absolute Gasteiger partial charge is 0.396 e. The molecule has 5 nitrogen and oxygen atoms in total. The van der Waals surface area contributed by atoms with Gasteiger partial charge in [0, 0.05) is 55.9 Å². The number of methoxy groups -OCH3 is 1. The van der Waals surface area contributed by atoms with Crippen molar-refractivity contribution in [2.45, 2.75) is 12.6 Å². The van der Waals surface area contributed by atoms with E-state index in [9.17, 15) is 14.3 Å². The standard InChI is InChI=1S/C15H20ClFN2O3/c1-22-9-15(21)18-14-7-19(5-10(14)8-20)6-11-12(16)3-2-4-13(11)17/h2-4,10,14,20H,5-9H2,1H3,(H,18,21)/t10-,14+/m0/s1. The molecule has 1 aliphatic rings. The molecular formula is C15H20ClFN2O3. The topological polar surface area (TPSA) is 61.8 Å². The van der Waals surface area contributed by atoms with Gasteiger partial charge in [0.05, 0.1) is 0 Å². The van der Waals surface area contributed by atoms with Crippen molar-refractivity contribution in [1.29, 1.82) is 0 Å². The van der Waals surface area contributed by atoms with Crippen LogP contribution in [0.25, 0.3) is 0 Å². The maximum atomic E-state index is 13.8. The molecule has 1 fully saturated rings. The number of ether oxygens (including phenoxy) is 1. The summed E-state index contributed by atoms with van der Waals surface area (Å²) in [5.41, 5.74) is 0.435. The van der Waals surface area contributed by atoms with Crippen molar-refractivity contribution in [1.82, 2.24) is 10.2 Å². The number of nitrogens with zero attached hydrogens (tertiary/aromatic N) is 1. The number of amides is 1. The Kier molecular flexibility index (Phi) is 6.14. The molecule has 1 aromatic rings. The van der Waals surface area contributed by atoms with Crippen LogP contribution >= 0.6 is 11.6 Å². The molecule has 2 rings (SSSR count). The van der Waals surface area contributed by atoms with Crippen molar-refractivity contribution in [3.05, 3.63) is 34.6 Å². The Balaban J connectivity index is 2.01. The fourth-order valence-electron chi connectivity index (χ4n) is 2.72. The van der Waals surface area contributed by atoms with Crippen molar-refractivity contribution in [2.24, 2.45) is 5.92 Å². The van der Waals surface area contributed by atoms with E-state index in [0.29, 0.717) is 30.2 Å². The lowest BCUT2D eigenvalue weighted by Gasteiger charge is -2.18. The molecule has 2 atom stereocenters. The van der Waals surface area contributed by atoms with Crippen molar-refractivity contribution < 1.29 is 19.0 Å². The molecule has 1 amide bonds. The van der Waals surface area contributed by atoms with Crippen LogP contribution in [-0.2, 0) is 16.1 Å². The molecule has 0 saturated carbocycles. The van der Waals surface area contributed by atoms with Crippen LogP contribution in [0, 0.1) is 11.7 Å². The van der Waals surface area contributed by atoms with Gasteiger partial charge in [-0.3, -0.25) is 9.69 Å². The van der Waals surface area contributed by atoms with E-state index in [1.807, 2.05) is 4.90 Å². The molecule has 22 heavy (non-hydrogen) atoms. The first-order valence-electron chi connectivity index (χ1n) is 7.09. The number of carbonyl (C=O) groups excluding carboxylic acids is 1. The van der Waals surface area contributed by atoms with Crippen LogP contribution < -0.4 is 5.32 Å². The summed E-state index contributed by atoms with van der Waals surface area (Å²) in [6.45, 7) is 1.39. The first-order chi connectivity index (χ1) is 10.5. The summed E-state index contributed by atoms with van der Waals surface area (Å²) in [5, 5.41) is 12.7. The summed E-state index contributed by atoms with van der Waals surface area (Å²) in [6.07, 6.45) is 0. The molecule has 0 bridgehead atoms. The lowest BCUT2D eigenvalue weighted by molar-refractivity contribution is -0.125. The number of carbonyl (C=O) groups is 1. The van der Waals surface area contributed by atoms with Crippen LogP contribution in [-0.4, -0.2) is 55.4 Å². The fraction of sp³-hybridized carbons (Fsp3) is 0.533. The molecule has 0 spiro atoms. The van der Waals surface area contributed by atoms with E-state index < -0.39 is 0 Å². The van der Waals surface area contributed by atoms with Crippen LogP contribution in [0.3, 0.4) is 0 Å².